The molecular weight excluding hydrogens is 1710 g/mol. The van der Waals surface area contributed by atoms with E-state index in [4.69, 9.17) is 70.1 Å². The first-order valence-electron chi connectivity index (χ1n) is 37.8. The zero-order chi connectivity index (χ0) is 87.6. The first-order chi connectivity index (χ1) is 57.9. The Labute approximate surface area is 690 Å². The molecule has 4 amide bonds. The highest BCUT2D eigenvalue weighted by Crippen LogP contribution is 2.40. The molecule has 0 aliphatic carbocycles. The number of imidazole rings is 4. The number of hydrogen-bond donors (Lipinski definition) is 18. The standard InChI is InChI=1S/C17H24N6O7S.C16H23N7O7S.C16H22N6O7S.C16H18N6O7S/c18-8-5-6-20-15-12(8)21-11-4-2-1-3-9(19)16(26)22-31(27,28)29-7-10-13(24)14(25)17(30-10)23(11)15;17-7-3-1-2-4-9-21-10-13(18)19-6-20-14(10)23(9)16-12(25)11(24)8(30-16)5-29-31(27,28)22-15(7)26;2*17-14-11-15(19-7-18-14)22-9(20-11)4-2-1-3-5-10(23)21-30(26,27)28-6-8-12(24)13(25)16(22)29-8/h5-6,9-10,13-14,17,24-25H,1-4,7,19H2,(H2,18,20)(H,22,26);6-8,11-12,16,24-25H,1-5,17H2,(H,22,26)(H2,18,19,20);7-8,12-13,16,24-25H,1-6H2,(H,21,23)(H2,17,18,19);7-8,12-13,16,24-25H,1,3,5-6H2,(H,21,23)(H2,17,18,19)/t9-,10-,13-,14-,17-;7-,8+,11+,12+,16+;2*8-,12-,13-,16-/m1011/s1. The Morgan fingerprint density at radius 2 is 0.713 bits per heavy atom. The van der Waals surface area contributed by atoms with E-state index in [0.717, 1.165) is 0 Å². The van der Waals surface area contributed by atoms with Crippen molar-refractivity contribution < 1.29 is 129 Å². The molecule has 8 bridgehead atoms. The van der Waals surface area contributed by atoms with Crippen LogP contribution < -0.4 is 53.3 Å². The van der Waals surface area contributed by atoms with Crippen LogP contribution in [0.3, 0.4) is 0 Å². The van der Waals surface area contributed by atoms with Crippen molar-refractivity contribution in [2.24, 2.45) is 11.5 Å². The maximum absolute atomic E-state index is 12.0. The number of carbonyl (C=O) groups excluding carboxylic acids is 4. The molecule has 4 saturated heterocycles. The number of nitrogen functional groups attached to an aromatic ring is 4. The lowest BCUT2D eigenvalue weighted by atomic mass is 10.1. The molecule has 24 N–H and O–H groups in total. The summed E-state index contributed by atoms with van der Waals surface area (Å²) in [5.74, 6) is 4.45. The summed E-state index contributed by atoms with van der Waals surface area (Å²) in [6.45, 7) is -2.52. The fourth-order valence-electron chi connectivity index (χ4n) is 14.2. The van der Waals surface area contributed by atoms with Gasteiger partial charge in [-0.1, -0.05) is 25.2 Å². The summed E-state index contributed by atoms with van der Waals surface area (Å²) in [5.41, 5.74) is 38.1. The minimum atomic E-state index is -4.49. The minimum absolute atomic E-state index is 0.0152. The van der Waals surface area contributed by atoms with Gasteiger partial charge < -0.3 is 94.2 Å². The number of aryl methyl sites for hydroxylation is 3. The highest BCUT2D eigenvalue weighted by Gasteiger charge is 2.51. The molecule has 8 aliphatic heterocycles. The van der Waals surface area contributed by atoms with Gasteiger partial charge in [0.1, 0.15) is 115 Å². The molecule has 0 radical (unpaired) electrons. The van der Waals surface area contributed by atoms with E-state index in [1.165, 1.54) is 34.3 Å². The predicted octanol–water partition coefficient (Wildman–Crippen LogP) is -8.01. The SMILES string of the molecule is Nc1ccnc2c1nc1n2[C@@H]2O[C@H](COS(=O)(=O)NC(=O)[C@H](N)CCCC1)[C@@H](O)[C@H]2O.Nc1ncnc2c1nc1n2[C@@H]2O[C@H](COS(=O)(=O)NC(=O)CCCC#C1)[C@@H](O)[C@H]2O.Nc1ncnc2c1nc1n2[C@@H]2O[C@H](COS(=O)(=O)NC(=O)CCCCC1)[C@@H](O)[C@H]2O.Nc1ncnc2c1nc1n2[C@@H]2O[C@H](COS(=O)(=O)NC(=O)[C@@H](N)CCCC1)[C@@H](O)[C@H]2O. The highest BCUT2D eigenvalue weighted by molar-refractivity contribution is 7.86. The summed E-state index contributed by atoms with van der Waals surface area (Å²) in [5, 5.41) is 83.9. The summed E-state index contributed by atoms with van der Waals surface area (Å²) in [7, 11) is -17.7. The number of nitrogens with two attached hydrogens (primary N) is 6. The number of aliphatic hydroxyl groups is 8. The second-order valence-corrected chi connectivity index (χ2v) is 34.3. The van der Waals surface area contributed by atoms with E-state index in [1.807, 2.05) is 4.72 Å². The first kappa shape index (κ1) is 89.7. The molecule has 0 spiro atoms. The first-order valence-corrected chi connectivity index (χ1v) is 43.4. The molecule has 16 heterocycles. The second-order valence-electron chi connectivity index (χ2n) is 28.9. The summed E-state index contributed by atoms with van der Waals surface area (Å²) in [6.07, 6.45) is -9.70. The Hall–Kier alpha value is -10.0. The Balaban J connectivity index is 0.000000140. The van der Waals surface area contributed by atoms with Crippen LogP contribution in [0.5, 0.6) is 0 Å². The number of ether oxygens (including phenoxy) is 4. The minimum Gasteiger partial charge on any atom is -0.397 e. The van der Waals surface area contributed by atoms with Gasteiger partial charge in [-0.05, 0) is 56.9 Å². The van der Waals surface area contributed by atoms with Crippen LogP contribution in [0.2, 0.25) is 0 Å². The van der Waals surface area contributed by atoms with Crippen molar-refractivity contribution in [1.29, 1.82) is 0 Å². The van der Waals surface area contributed by atoms with Crippen molar-refractivity contribution in [2.75, 3.05) is 49.4 Å². The number of aliphatic hydroxyl groups excluding tert-OH is 8. The predicted molar refractivity (Wildman–Crippen MR) is 411 cm³/mol. The van der Waals surface area contributed by atoms with Gasteiger partial charge in [-0.3, -0.25) is 54.2 Å². The molecule has 8 aromatic heterocycles. The molecule has 122 heavy (non-hydrogen) atoms. The largest absolute Gasteiger partial charge is 0.397 e. The number of fused-ring (bicyclic) bond motifs is 24. The van der Waals surface area contributed by atoms with Crippen molar-refractivity contribution >= 4 is 133 Å². The molecule has 664 valence electrons. The highest BCUT2D eigenvalue weighted by atomic mass is 32.2. The van der Waals surface area contributed by atoms with Crippen molar-refractivity contribution in [3.63, 3.8) is 0 Å². The number of anilines is 4. The monoisotopic (exact) mass is 1790 g/mol. The van der Waals surface area contributed by atoms with Gasteiger partial charge >= 0.3 is 41.2 Å². The van der Waals surface area contributed by atoms with E-state index in [0.29, 0.717) is 127 Å². The van der Waals surface area contributed by atoms with Crippen LogP contribution in [-0.4, -0.2) is 283 Å². The van der Waals surface area contributed by atoms with Crippen LogP contribution in [0.25, 0.3) is 44.7 Å². The van der Waals surface area contributed by atoms with Gasteiger partial charge in [0.15, 0.2) is 87.3 Å². The Morgan fingerprint density at radius 3 is 1.11 bits per heavy atom. The number of hydrogen-bond acceptors (Lipinski definition) is 45. The van der Waals surface area contributed by atoms with E-state index in [-0.39, 0.29) is 66.5 Å². The van der Waals surface area contributed by atoms with E-state index in [9.17, 15) is 93.7 Å². The van der Waals surface area contributed by atoms with Crippen molar-refractivity contribution in [3.05, 3.63) is 54.5 Å². The van der Waals surface area contributed by atoms with Gasteiger partial charge in [-0.25, -0.2) is 73.7 Å². The molecule has 0 saturated carbocycles. The van der Waals surface area contributed by atoms with Crippen LogP contribution >= 0.6 is 0 Å². The van der Waals surface area contributed by atoms with E-state index in [1.54, 1.807) is 29.4 Å². The van der Waals surface area contributed by atoms with Gasteiger partial charge in [0.05, 0.1) is 44.2 Å². The van der Waals surface area contributed by atoms with Crippen molar-refractivity contribution in [3.8, 4) is 11.8 Å². The molecule has 57 heteroatoms. The summed E-state index contributed by atoms with van der Waals surface area (Å²) in [6, 6.07) is -0.501. The quantitative estimate of drug-likeness (QED) is 0.0627. The molecule has 18 atom stereocenters. The van der Waals surface area contributed by atoms with Gasteiger partial charge in [0.2, 0.25) is 11.8 Å². The van der Waals surface area contributed by atoms with Crippen LogP contribution in [0.1, 0.15) is 132 Å². The number of pyridine rings is 1. The molecule has 0 unspecified atom stereocenters. The number of rotatable bonds is 0. The molecule has 8 aromatic rings. The molecule has 0 aromatic carbocycles. The number of carbonyl (C=O) groups is 4. The lowest BCUT2D eigenvalue weighted by Gasteiger charge is -2.19. The average Bonchev–Trinajstić information content (AvgIpc) is 1.62. The zero-order valence-electron chi connectivity index (χ0n) is 64.0. The fraction of sp³-hybridized carbons (Fsp3) is 0.585. The van der Waals surface area contributed by atoms with Gasteiger partial charge in [-0.15, -0.1) is 0 Å². The van der Waals surface area contributed by atoms with Crippen LogP contribution in [-0.2, 0) is 115 Å². The summed E-state index contributed by atoms with van der Waals surface area (Å²) < 4.78 is 151. The topological polar surface area (TPSA) is 806 Å². The lowest BCUT2D eigenvalue weighted by molar-refractivity contribution is -0.121. The third-order valence-corrected chi connectivity index (χ3v) is 24.0. The van der Waals surface area contributed by atoms with E-state index >= 15 is 0 Å². The Kier molecular flexibility index (Phi) is 27.4. The van der Waals surface area contributed by atoms with Crippen LogP contribution in [0, 0.1) is 11.8 Å². The van der Waals surface area contributed by atoms with Crippen molar-refractivity contribution in [2.45, 2.75) is 213 Å². The Morgan fingerprint density at radius 1 is 0.385 bits per heavy atom. The Bertz CT molecular complexity index is 5610. The molecule has 8 aliphatic rings. The average molecular weight is 1790 g/mol. The number of amides is 4. The smallest absolute Gasteiger partial charge is 0.362 e. The van der Waals surface area contributed by atoms with Crippen LogP contribution in [0.4, 0.5) is 23.1 Å². The third-order valence-electron chi connectivity index (χ3n) is 20.4. The van der Waals surface area contributed by atoms with Crippen LogP contribution in [0.15, 0.2) is 31.2 Å². The van der Waals surface area contributed by atoms with E-state index in [2.05, 4.69) is 66.7 Å². The molecule has 53 nitrogen and oxygen atoms in total. The molecule has 4 fully saturated rings. The summed E-state index contributed by atoms with van der Waals surface area (Å²) >= 11 is 0. The van der Waals surface area contributed by atoms with Gasteiger partial charge in [0, 0.05) is 44.7 Å². The fourth-order valence-corrected chi connectivity index (χ4v) is 17.3. The van der Waals surface area contributed by atoms with Crippen molar-refractivity contribution in [1.82, 2.24) is 92.0 Å². The van der Waals surface area contributed by atoms with E-state index < -0.39 is 202 Å². The number of nitrogens with zero attached hydrogens (tertiary/aromatic N) is 15. The number of aromatic nitrogens is 15. The lowest BCUT2D eigenvalue weighted by Crippen LogP contribution is -2.45. The molecular formula is C65H87N25O28S4. The van der Waals surface area contributed by atoms with Gasteiger partial charge in [-0.2, -0.15) is 33.7 Å². The molecule has 16 rings (SSSR count). The maximum Gasteiger partial charge on any atom is 0.362 e. The zero-order valence-corrected chi connectivity index (χ0v) is 67.2. The maximum atomic E-state index is 12.0. The summed E-state index contributed by atoms with van der Waals surface area (Å²) in [4.78, 5) is 94.0. The van der Waals surface area contributed by atoms with Gasteiger partial charge in [0.25, 0.3) is 11.8 Å². The second kappa shape index (κ2) is 37.2. The normalized spacial score (nSPS) is 30.9. The number of nitrogens with one attached hydrogen (secondary N) is 4. The third kappa shape index (κ3) is 19.9.